The van der Waals surface area contributed by atoms with Gasteiger partial charge in [-0.1, -0.05) is 0 Å². The lowest BCUT2D eigenvalue weighted by molar-refractivity contribution is -0.151. The zero-order valence-corrected chi connectivity index (χ0v) is 7.87. The highest BCUT2D eigenvalue weighted by atomic mass is 19.3. The van der Waals surface area contributed by atoms with E-state index in [9.17, 15) is 13.6 Å². The van der Waals surface area contributed by atoms with Crippen LogP contribution in [-0.2, 0) is 9.53 Å². The number of alkyl halides is 2. The highest BCUT2D eigenvalue weighted by Gasteiger charge is 2.72. The lowest BCUT2D eigenvalue weighted by Gasteiger charge is -2.16. The molecule has 2 rings (SSSR count). The molecule has 2 aliphatic carbocycles. The molecule has 80 valence electrons. The van der Waals surface area contributed by atoms with Crippen LogP contribution in [0.4, 0.5) is 8.78 Å². The molecule has 0 aromatic carbocycles. The summed E-state index contributed by atoms with van der Waals surface area (Å²) in [6.45, 7) is 1.52. The van der Waals surface area contributed by atoms with E-state index in [-0.39, 0.29) is 18.9 Å². The molecule has 3 atom stereocenters. The van der Waals surface area contributed by atoms with E-state index < -0.39 is 29.8 Å². The molecule has 2 fully saturated rings. The largest absolute Gasteiger partial charge is 0.461 e. The maximum absolute atomic E-state index is 12.7. The number of ether oxygens (including phenoxy) is 1. The van der Waals surface area contributed by atoms with Crippen molar-refractivity contribution in [2.45, 2.75) is 37.8 Å². The molecule has 0 radical (unpaired) electrons. The molecule has 0 aromatic heterocycles. The molecule has 3 unspecified atom stereocenters. The summed E-state index contributed by atoms with van der Waals surface area (Å²) in [5, 5.41) is 0. The van der Waals surface area contributed by atoms with Crippen LogP contribution in [0.25, 0.3) is 0 Å². The van der Waals surface area contributed by atoms with Gasteiger partial charge in [-0.2, -0.15) is 0 Å². The number of carbonyl (C=O) groups is 1. The summed E-state index contributed by atoms with van der Waals surface area (Å²) in [5.74, 6) is -4.13. The Kier molecular flexibility index (Phi) is 2.03. The molecule has 2 N–H and O–H groups in total. The van der Waals surface area contributed by atoms with Crippen molar-refractivity contribution in [2.24, 2.45) is 17.6 Å². The van der Waals surface area contributed by atoms with Gasteiger partial charge >= 0.3 is 5.97 Å². The topological polar surface area (TPSA) is 52.3 Å². The standard InChI is InChI=1S/C9H13F2NO2/c1-4(12)8(13)14-5-2-6-7(3-5)9(6,10)11/h4-7H,2-3,12H2,1H3. The Hall–Kier alpha value is -0.710. The molecule has 0 bridgehead atoms. The van der Waals surface area contributed by atoms with Crippen molar-refractivity contribution >= 4 is 5.97 Å². The van der Waals surface area contributed by atoms with Crippen molar-refractivity contribution < 1.29 is 18.3 Å². The number of hydrogen-bond acceptors (Lipinski definition) is 3. The highest BCUT2D eigenvalue weighted by Crippen LogP contribution is 2.64. The Morgan fingerprint density at radius 3 is 2.43 bits per heavy atom. The Labute approximate surface area is 80.6 Å². The van der Waals surface area contributed by atoms with E-state index in [1.165, 1.54) is 6.92 Å². The molecule has 14 heavy (non-hydrogen) atoms. The minimum Gasteiger partial charge on any atom is -0.461 e. The molecule has 0 spiro atoms. The minimum absolute atomic E-state index is 0.288. The first kappa shape index (κ1) is 9.83. The van der Waals surface area contributed by atoms with Gasteiger partial charge < -0.3 is 10.5 Å². The summed E-state index contributed by atoms with van der Waals surface area (Å²) in [6, 6.07) is -0.674. The van der Waals surface area contributed by atoms with Gasteiger partial charge in [-0.05, 0) is 19.8 Å². The number of hydrogen-bond donors (Lipinski definition) is 1. The number of halogens is 2. The van der Waals surface area contributed by atoms with Gasteiger partial charge in [0.2, 0.25) is 0 Å². The fraction of sp³-hybridized carbons (Fsp3) is 0.889. The maximum Gasteiger partial charge on any atom is 0.322 e. The molecule has 0 aromatic rings. The van der Waals surface area contributed by atoms with Crippen molar-refractivity contribution in [2.75, 3.05) is 0 Å². The van der Waals surface area contributed by atoms with Crippen LogP contribution in [0.1, 0.15) is 19.8 Å². The van der Waals surface area contributed by atoms with E-state index in [0.29, 0.717) is 0 Å². The van der Waals surface area contributed by atoms with Gasteiger partial charge in [0, 0.05) is 11.8 Å². The normalized spacial score (nSPS) is 40.1. The van der Waals surface area contributed by atoms with Gasteiger partial charge in [0.25, 0.3) is 5.92 Å². The number of fused-ring (bicyclic) bond motifs is 1. The first-order chi connectivity index (χ1) is 6.43. The Balaban J connectivity index is 1.81. The lowest BCUT2D eigenvalue weighted by Crippen LogP contribution is -2.32. The van der Waals surface area contributed by atoms with E-state index >= 15 is 0 Å². The minimum atomic E-state index is -2.50. The van der Waals surface area contributed by atoms with Crippen molar-refractivity contribution in [1.29, 1.82) is 0 Å². The van der Waals surface area contributed by atoms with Gasteiger partial charge in [-0.25, -0.2) is 8.78 Å². The number of esters is 1. The van der Waals surface area contributed by atoms with Crippen LogP contribution in [0, 0.1) is 11.8 Å². The fourth-order valence-corrected chi connectivity index (χ4v) is 2.13. The first-order valence-corrected chi connectivity index (χ1v) is 4.76. The van der Waals surface area contributed by atoms with Crippen LogP contribution in [0.5, 0.6) is 0 Å². The van der Waals surface area contributed by atoms with Gasteiger partial charge in [0.1, 0.15) is 12.1 Å². The third kappa shape index (κ3) is 1.39. The SMILES string of the molecule is CC(N)C(=O)OC1CC2C(C1)C2(F)F. The van der Waals surface area contributed by atoms with Crippen LogP contribution in [0.15, 0.2) is 0 Å². The molecule has 2 aliphatic rings. The van der Waals surface area contributed by atoms with E-state index in [0.717, 1.165) is 0 Å². The second-order valence-electron chi connectivity index (χ2n) is 4.21. The number of carbonyl (C=O) groups excluding carboxylic acids is 1. The number of rotatable bonds is 2. The van der Waals surface area contributed by atoms with Gasteiger partial charge in [0.15, 0.2) is 0 Å². The third-order valence-corrected chi connectivity index (χ3v) is 3.05. The second kappa shape index (κ2) is 2.89. The van der Waals surface area contributed by atoms with E-state index in [1.807, 2.05) is 0 Å². The summed E-state index contributed by atoms with van der Waals surface area (Å²) in [4.78, 5) is 11.0. The maximum atomic E-state index is 12.7. The van der Waals surface area contributed by atoms with E-state index in [4.69, 9.17) is 10.5 Å². The average molecular weight is 205 g/mol. The molecular weight excluding hydrogens is 192 g/mol. The molecule has 0 aliphatic heterocycles. The van der Waals surface area contributed by atoms with Gasteiger partial charge in [-0.15, -0.1) is 0 Å². The van der Waals surface area contributed by atoms with Crippen LogP contribution in [0.3, 0.4) is 0 Å². The monoisotopic (exact) mass is 205 g/mol. The quantitative estimate of drug-likeness (QED) is 0.682. The lowest BCUT2D eigenvalue weighted by atomic mass is 10.2. The van der Waals surface area contributed by atoms with E-state index in [1.54, 1.807) is 0 Å². The zero-order chi connectivity index (χ0) is 10.5. The molecule has 0 heterocycles. The van der Waals surface area contributed by atoms with Crippen LogP contribution >= 0.6 is 0 Å². The Morgan fingerprint density at radius 2 is 2.00 bits per heavy atom. The Bertz CT molecular complexity index is 254. The van der Waals surface area contributed by atoms with Crippen LogP contribution in [-0.4, -0.2) is 24.0 Å². The summed E-state index contributed by atoms with van der Waals surface area (Å²) < 4.78 is 30.5. The van der Waals surface area contributed by atoms with Crippen molar-refractivity contribution in [3.63, 3.8) is 0 Å². The average Bonchev–Trinajstić information content (AvgIpc) is 2.51. The Morgan fingerprint density at radius 1 is 1.50 bits per heavy atom. The highest BCUT2D eigenvalue weighted by molar-refractivity contribution is 5.75. The predicted octanol–water partition coefficient (Wildman–Crippen LogP) is 0.921. The molecule has 2 saturated carbocycles. The summed E-state index contributed by atoms with van der Waals surface area (Å²) in [6.07, 6.45) is 0.231. The van der Waals surface area contributed by atoms with Crippen LogP contribution in [0.2, 0.25) is 0 Å². The van der Waals surface area contributed by atoms with Crippen LogP contribution < -0.4 is 5.73 Å². The third-order valence-electron chi connectivity index (χ3n) is 3.05. The summed E-state index contributed by atoms with van der Waals surface area (Å²) in [5.41, 5.74) is 5.29. The first-order valence-electron chi connectivity index (χ1n) is 4.76. The summed E-state index contributed by atoms with van der Waals surface area (Å²) >= 11 is 0. The zero-order valence-electron chi connectivity index (χ0n) is 7.87. The van der Waals surface area contributed by atoms with Gasteiger partial charge in [0.05, 0.1) is 0 Å². The summed E-state index contributed by atoms with van der Waals surface area (Å²) in [7, 11) is 0. The second-order valence-corrected chi connectivity index (χ2v) is 4.21. The predicted molar refractivity (Wildman–Crippen MR) is 44.7 cm³/mol. The van der Waals surface area contributed by atoms with E-state index in [2.05, 4.69) is 0 Å². The molecular formula is C9H13F2NO2. The molecule has 0 amide bonds. The molecule has 5 heteroatoms. The van der Waals surface area contributed by atoms with Crippen molar-refractivity contribution in [3.05, 3.63) is 0 Å². The van der Waals surface area contributed by atoms with Gasteiger partial charge in [-0.3, -0.25) is 4.79 Å². The molecule has 0 saturated heterocycles. The molecule has 3 nitrogen and oxygen atoms in total. The number of nitrogens with two attached hydrogens (primary N) is 1. The fourth-order valence-electron chi connectivity index (χ4n) is 2.13. The smallest absolute Gasteiger partial charge is 0.322 e. The van der Waals surface area contributed by atoms with Crippen molar-refractivity contribution in [1.82, 2.24) is 0 Å². The van der Waals surface area contributed by atoms with Crippen molar-refractivity contribution in [3.8, 4) is 0 Å².